The minimum atomic E-state index is -1.48. The van der Waals surface area contributed by atoms with Crippen LogP contribution in [0.4, 0.5) is 4.39 Å². The van der Waals surface area contributed by atoms with Crippen molar-refractivity contribution in [2.45, 2.75) is 45.4 Å². The van der Waals surface area contributed by atoms with E-state index in [2.05, 4.69) is 0 Å². The van der Waals surface area contributed by atoms with Crippen molar-refractivity contribution in [1.29, 1.82) is 0 Å². The van der Waals surface area contributed by atoms with E-state index in [4.69, 9.17) is 9.47 Å². The summed E-state index contributed by atoms with van der Waals surface area (Å²) >= 11 is 0. The molecule has 0 amide bonds. The summed E-state index contributed by atoms with van der Waals surface area (Å²) in [6, 6.07) is 3.50. The normalized spacial score (nSPS) is 16.9. The molecular formula is C15H21FO3. The van der Waals surface area contributed by atoms with E-state index in [1.165, 1.54) is 13.8 Å². The summed E-state index contributed by atoms with van der Waals surface area (Å²) in [4.78, 5) is 0. The highest BCUT2D eigenvalue weighted by Gasteiger charge is 2.26. The number of rotatable bonds is 3. The van der Waals surface area contributed by atoms with Gasteiger partial charge in [-0.05, 0) is 50.5 Å². The Hall–Kier alpha value is -1.29. The minimum Gasteiger partial charge on any atom is -0.490 e. The van der Waals surface area contributed by atoms with Crippen molar-refractivity contribution < 1.29 is 19.0 Å². The van der Waals surface area contributed by atoms with Crippen molar-refractivity contribution in [3.8, 4) is 11.5 Å². The lowest BCUT2D eigenvalue weighted by Gasteiger charge is -2.22. The van der Waals surface area contributed by atoms with Crippen molar-refractivity contribution in [2.24, 2.45) is 0 Å². The molecule has 0 radical (unpaired) electrons. The average Bonchev–Trinajstić information content (AvgIpc) is 2.50. The Kier molecular flexibility index (Phi) is 3.99. The Morgan fingerprint density at radius 1 is 1.26 bits per heavy atom. The highest BCUT2D eigenvalue weighted by atomic mass is 19.1. The van der Waals surface area contributed by atoms with Crippen LogP contribution in [-0.2, 0) is 12.1 Å². The van der Waals surface area contributed by atoms with Crippen LogP contribution in [0.2, 0.25) is 0 Å². The molecule has 106 valence electrons. The minimum absolute atomic E-state index is 0.402. The Labute approximate surface area is 113 Å². The third-order valence-corrected chi connectivity index (χ3v) is 3.13. The first-order chi connectivity index (χ1) is 8.88. The summed E-state index contributed by atoms with van der Waals surface area (Å²) in [6.45, 7) is 5.89. The molecule has 0 spiro atoms. The number of halogens is 1. The topological polar surface area (TPSA) is 38.7 Å². The predicted molar refractivity (Wildman–Crippen MR) is 71.6 cm³/mol. The third kappa shape index (κ3) is 3.38. The van der Waals surface area contributed by atoms with Crippen LogP contribution in [0, 0.1) is 0 Å². The summed E-state index contributed by atoms with van der Waals surface area (Å²) in [7, 11) is 0. The fourth-order valence-electron chi connectivity index (χ4n) is 2.29. The zero-order valence-electron chi connectivity index (χ0n) is 11.7. The quantitative estimate of drug-likeness (QED) is 0.916. The average molecular weight is 268 g/mol. The number of fused-ring (bicyclic) bond motifs is 1. The lowest BCUT2D eigenvalue weighted by Crippen LogP contribution is -2.16. The molecule has 1 aliphatic rings. The number of aliphatic hydroxyl groups excluding tert-OH is 1. The van der Waals surface area contributed by atoms with E-state index in [1.54, 1.807) is 19.1 Å². The van der Waals surface area contributed by atoms with Crippen LogP contribution in [0.15, 0.2) is 12.1 Å². The van der Waals surface area contributed by atoms with E-state index < -0.39 is 11.8 Å². The van der Waals surface area contributed by atoms with Gasteiger partial charge in [-0.2, -0.15) is 0 Å². The molecule has 1 aliphatic heterocycles. The number of hydrogen-bond donors (Lipinski definition) is 1. The van der Waals surface area contributed by atoms with Gasteiger partial charge in [-0.15, -0.1) is 0 Å². The molecule has 2 rings (SSSR count). The first-order valence-corrected chi connectivity index (χ1v) is 6.68. The van der Waals surface area contributed by atoms with Crippen molar-refractivity contribution >= 4 is 0 Å². The molecule has 1 unspecified atom stereocenters. The summed E-state index contributed by atoms with van der Waals surface area (Å²) in [5.74, 6) is 1.23. The van der Waals surface area contributed by atoms with E-state index in [1.807, 2.05) is 0 Å². The first kappa shape index (κ1) is 14.1. The third-order valence-electron chi connectivity index (χ3n) is 3.13. The molecule has 1 N–H and O–H groups in total. The second-order valence-electron chi connectivity index (χ2n) is 5.53. The zero-order valence-corrected chi connectivity index (χ0v) is 11.7. The monoisotopic (exact) mass is 268 g/mol. The van der Waals surface area contributed by atoms with Crippen LogP contribution < -0.4 is 9.47 Å². The van der Waals surface area contributed by atoms with E-state index in [0.717, 1.165) is 12.0 Å². The summed E-state index contributed by atoms with van der Waals surface area (Å²) in [5.41, 5.74) is -0.154. The Balaban J connectivity index is 2.47. The lowest BCUT2D eigenvalue weighted by atomic mass is 9.91. The van der Waals surface area contributed by atoms with E-state index in [9.17, 15) is 9.50 Å². The van der Waals surface area contributed by atoms with Gasteiger partial charge in [0.15, 0.2) is 11.5 Å². The first-order valence-electron chi connectivity index (χ1n) is 6.68. The lowest BCUT2D eigenvalue weighted by molar-refractivity contribution is 0.189. The Morgan fingerprint density at radius 3 is 2.37 bits per heavy atom. The van der Waals surface area contributed by atoms with Crippen molar-refractivity contribution in [3.63, 3.8) is 0 Å². The van der Waals surface area contributed by atoms with E-state index >= 15 is 0 Å². The smallest absolute Gasteiger partial charge is 0.161 e. The number of alkyl halides is 1. The highest BCUT2D eigenvalue weighted by Crippen LogP contribution is 2.38. The maximum Gasteiger partial charge on any atom is 0.161 e. The molecule has 3 nitrogen and oxygen atoms in total. The van der Waals surface area contributed by atoms with Crippen LogP contribution in [0.25, 0.3) is 0 Å². The molecule has 0 bridgehead atoms. The van der Waals surface area contributed by atoms with Gasteiger partial charge in [0.05, 0.1) is 19.3 Å². The van der Waals surface area contributed by atoms with Crippen LogP contribution >= 0.6 is 0 Å². The van der Waals surface area contributed by atoms with Crippen molar-refractivity contribution in [3.05, 3.63) is 23.3 Å². The molecule has 0 fully saturated rings. The molecule has 4 heteroatoms. The summed E-state index contributed by atoms with van der Waals surface area (Å²) in [6.07, 6.45) is 0.694. The largest absolute Gasteiger partial charge is 0.490 e. The van der Waals surface area contributed by atoms with Crippen molar-refractivity contribution in [1.82, 2.24) is 0 Å². The summed E-state index contributed by atoms with van der Waals surface area (Å²) < 4.78 is 25.5. The number of aliphatic hydroxyl groups is 1. The molecule has 0 saturated heterocycles. The standard InChI is InChI=1S/C15H21FO3/c1-10(17)7-11-8-13-14(19-6-4-5-18-13)9-12(11)15(2,3)16/h8-10,17H,4-7H2,1-3H3. The van der Waals surface area contributed by atoms with Gasteiger partial charge in [0, 0.05) is 6.42 Å². The Morgan fingerprint density at radius 2 is 1.84 bits per heavy atom. The maximum absolute atomic E-state index is 14.3. The van der Waals surface area contributed by atoms with Gasteiger partial charge in [-0.3, -0.25) is 0 Å². The van der Waals surface area contributed by atoms with Gasteiger partial charge in [0.2, 0.25) is 0 Å². The molecular weight excluding hydrogens is 247 g/mol. The molecule has 1 aromatic rings. The van der Waals surface area contributed by atoms with Gasteiger partial charge in [0.25, 0.3) is 0 Å². The maximum atomic E-state index is 14.3. The van der Waals surface area contributed by atoms with Gasteiger partial charge < -0.3 is 14.6 Å². The predicted octanol–water partition coefficient (Wildman–Crippen LogP) is 2.98. The number of hydrogen-bond acceptors (Lipinski definition) is 3. The Bertz CT molecular complexity index is 449. The van der Waals surface area contributed by atoms with Crippen LogP contribution in [0.5, 0.6) is 11.5 Å². The highest BCUT2D eigenvalue weighted by molar-refractivity contribution is 5.49. The number of ether oxygens (including phenoxy) is 2. The fraction of sp³-hybridized carbons (Fsp3) is 0.600. The van der Waals surface area contributed by atoms with Crippen LogP contribution in [0.1, 0.15) is 38.3 Å². The molecule has 19 heavy (non-hydrogen) atoms. The van der Waals surface area contributed by atoms with Gasteiger partial charge in [-0.1, -0.05) is 0 Å². The second-order valence-corrected chi connectivity index (χ2v) is 5.53. The fourth-order valence-corrected chi connectivity index (χ4v) is 2.29. The molecule has 1 atom stereocenters. The molecule has 0 aromatic heterocycles. The van der Waals surface area contributed by atoms with Crippen LogP contribution in [-0.4, -0.2) is 24.4 Å². The van der Waals surface area contributed by atoms with Gasteiger partial charge in [-0.25, -0.2) is 4.39 Å². The summed E-state index contributed by atoms with van der Waals surface area (Å²) in [5, 5.41) is 9.56. The van der Waals surface area contributed by atoms with Gasteiger partial charge >= 0.3 is 0 Å². The van der Waals surface area contributed by atoms with Gasteiger partial charge in [0.1, 0.15) is 5.67 Å². The second kappa shape index (κ2) is 5.37. The molecule has 0 aliphatic carbocycles. The molecule has 1 aromatic carbocycles. The molecule has 1 heterocycles. The number of benzene rings is 1. The van der Waals surface area contributed by atoms with Crippen LogP contribution in [0.3, 0.4) is 0 Å². The zero-order chi connectivity index (χ0) is 14.0. The van der Waals surface area contributed by atoms with E-state index in [-0.39, 0.29) is 0 Å². The van der Waals surface area contributed by atoms with E-state index in [0.29, 0.717) is 36.7 Å². The SMILES string of the molecule is CC(O)Cc1cc2c(cc1C(C)(C)F)OCCCO2. The molecule has 0 saturated carbocycles. The van der Waals surface area contributed by atoms with Crippen molar-refractivity contribution in [2.75, 3.05) is 13.2 Å².